The topological polar surface area (TPSA) is 110 Å². The summed E-state index contributed by atoms with van der Waals surface area (Å²) in [5, 5.41) is 22.1. The Hall–Kier alpha value is -1.71. The van der Waals surface area contributed by atoms with Crippen molar-refractivity contribution in [3.63, 3.8) is 0 Å². The van der Waals surface area contributed by atoms with Gasteiger partial charge in [-0.15, -0.1) is 0 Å². The summed E-state index contributed by atoms with van der Waals surface area (Å²) in [6.45, 7) is 3.33. The van der Waals surface area contributed by atoms with Crippen molar-refractivity contribution in [3.05, 3.63) is 37.4 Å². The highest BCUT2D eigenvalue weighted by atomic mass is 127. The van der Waals surface area contributed by atoms with Crippen LogP contribution in [-0.4, -0.2) is 27.9 Å². The van der Waals surface area contributed by atoms with Crippen LogP contribution in [-0.2, 0) is 4.79 Å². The van der Waals surface area contributed by atoms with Gasteiger partial charge in [-0.25, -0.2) is 4.79 Å². The summed E-state index contributed by atoms with van der Waals surface area (Å²) in [6.07, 6.45) is 0. The van der Waals surface area contributed by atoms with E-state index in [1.807, 2.05) is 22.6 Å². The first-order chi connectivity index (χ1) is 9.23. The zero-order valence-electron chi connectivity index (χ0n) is 10.8. The lowest BCUT2D eigenvalue weighted by Crippen LogP contribution is -2.44. The number of aliphatic carboxylic acids is 1. The van der Waals surface area contributed by atoms with Gasteiger partial charge in [-0.3, -0.25) is 14.9 Å². The monoisotopic (exact) mass is 392 g/mol. The largest absolute Gasteiger partial charge is 0.480 e. The van der Waals surface area contributed by atoms with Crippen LogP contribution in [0.25, 0.3) is 0 Å². The maximum absolute atomic E-state index is 12.1. The molecule has 0 saturated carbocycles. The van der Waals surface area contributed by atoms with Gasteiger partial charge in [-0.05, 0) is 34.6 Å². The second-order valence-electron chi connectivity index (χ2n) is 4.45. The number of carboxylic acids is 1. The van der Waals surface area contributed by atoms with Crippen LogP contribution in [0.4, 0.5) is 5.69 Å². The molecule has 0 heterocycles. The number of carbonyl (C=O) groups is 2. The van der Waals surface area contributed by atoms with Crippen molar-refractivity contribution >= 4 is 40.2 Å². The van der Waals surface area contributed by atoms with Crippen LogP contribution in [0, 0.1) is 19.6 Å². The van der Waals surface area contributed by atoms with Gasteiger partial charge in [0.05, 0.1) is 10.5 Å². The molecular formula is C12H13IN2O5. The predicted molar refractivity (Wildman–Crippen MR) is 79.5 cm³/mol. The SMILES string of the molecule is CC(C)C(NC(=O)c1cc([N+](=O)[O-])ccc1I)C(=O)O. The molecule has 7 nitrogen and oxygen atoms in total. The molecule has 0 fully saturated rings. The molecule has 1 atom stereocenters. The Morgan fingerprint density at radius 1 is 1.40 bits per heavy atom. The van der Waals surface area contributed by atoms with Gasteiger partial charge in [0.2, 0.25) is 0 Å². The van der Waals surface area contributed by atoms with Gasteiger partial charge in [0, 0.05) is 15.7 Å². The zero-order chi connectivity index (χ0) is 15.4. The van der Waals surface area contributed by atoms with Crippen LogP contribution in [0.5, 0.6) is 0 Å². The normalized spacial score (nSPS) is 12.0. The minimum atomic E-state index is -1.14. The number of hydrogen-bond acceptors (Lipinski definition) is 4. The Labute approximate surface area is 128 Å². The molecular weight excluding hydrogens is 379 g/mol. The molecule has 0 aliphatic heterocycles. The first-order valence-corrected chi connectivity index (χ1v) is 6.79. The third kappa shape index (κ3) is 3.89. The van der Waals surface area contributed by atoms with Crippen molar-refractivity contribution in [2.45, 2.75) is 19.9 Å². The fourth-order valence-corrected chi connectivity index (χ4v) is 2.11. The van der Waals surface area contributed by atoms with E-state index < -0.39 is 22.8 Å². The average Bonchev–Trinajstić information content (AvgIpc) is 2.34. The molecule has 20 heavy (non-hydrogen) atoms. The summed E-state index contributed by atoms with van der Waals surface area (Å²) in [7, 11) is 0. The Kier molecular flexibility index (Phi) is 5.43. The smallest absolute Gasteiger partial charge is 0.326 e. The quantitative estimate of drug-likeness (QED) is 0.453. The van der Waals surface area contributed by atoms with E-state index in [0.29, 0.717) is 3.57 Å². The lowest BCUT2D eigenvalue weighted by molar-refractivity contribution is -0.384. The number of rotatable bonds is 5. The molecule has 0 radical (unpaired) electrons. The Morgan fingerprint density at radius 3 is 2.45 bits per heavy atom. The standard InChI is InChI=1S/C12H13IN2O5/c1-6(2)10(12(17)18)14-11(16)8-5-7(15(19)20)3-4-9(8)13/h3-6,10H,1-2H3,(H,14,16)(H,17,18). The highest BCUT2D eigenvalue weighted by Gasteiger charge is 2.25. The summed E-state index contributed by atoms with van der Waals surface area (Å²) in [6, 6.07) is 2.82. The fourth-order valence-electron chi connectivity index (χ4n) is 1.53. The molecule has 0 bridgehead atoms. The fraction of sp³-hybridized carbons (Fsp3) is 0.333. The van der Waals surface area contributed by atoms with Crippen LogP contribution >= 0.6 is 22.6 Å². The van der Waals surface area contributed by atoms with Crippen LogP contribution in [0.15, 0.2) is 18.2 Å². The highest BCUT2D eigenvalue weighted by molar-refractivity contribution is 14.1. The molecule has 1 aromatic rings. The van der Waals surface area contributed by atoms with E-state index in [1.54, 1.807) is 13.8 Å². The number of nitro groups is 1. The zero-order valence-corrected chi connectivity index (χ0v) is 12.9. The highest BCUT2D eigenvalue weighted by Crippen LogP contribution is 2.20. The number of nitro benzene ring substituents is 1. The summed E-state index contributed by atoms with van der Waals surface area (Å²) in [5.74, 6) is -2.08. The third-order valence-corrected chi connectivity index (χ3v) is 3.57. The molecule has 2 N–H and O–H groups in total. The first-order valence-electron chi connectivity index (χ1n) is 5.71. The van der Waals surface area contributed by atoms with Gasteiger partial charge in [-0.1, -0.05) is 13.8 Å². The number of carboxylic acid groups (broad SMARTS) is 1. The summed E-state index contributed by atoms with van der Waals surface area (Å²) >= 11 is 1.87. The van der Waals surface area contributed by atoms with E-state index in [4.69, 9.17) is 5.11 Å². The molecule has 1 amide bonds. The molecule has 1 rings (SSSR count). The molecule has 0 aliphatic rings. The van der Waals surface area contributed by atoms with Crippen molar-refractivity contribution < 1.29 is 19.6 Å². The van der Waals surface area contributed by atoms with E-state index in [1.165, 1.54) is 12.1 Å². The molecule has 0 aliphatic carbocycles. The maximum atomic E-state index is 12.1. The van der Waals surface area contributed by atoms with Crippen LogP contribution < -0.4 is 5.32 Å². The van der Waals surface area contributed by atoms with Crippen LogP contribution in [0.3, 0.4) is 0 Å². The van der Waals surface area contributed by atoms with Crippen LogP contribution in [0.1, 0.15) is 24.2 Å². The lowest BCUT2D eigenvalue weighted by Gasteiger charge is -2.18. The number of non-ortho nitro benzene ring substituents is 1. The van der Waals surface area contributed by atoms with Gasteiger partial charge in [-0.2, -0.15) is 0 Å². The number of carbonyl (C=O) groups excluding carboxylic acids is 1. The van der Waals surface area contributed by atoms with Crippen molar-refractivity contribution in [3.8, 4) is 0 Å². The molecule has 0 aromatic heterocycles. The minimum Gasteiger partial charge on any atom is -0.480 e. The van der Waals surface area contributed by atoms with E-state index in [2.05, 4.69) is 5.32 Å². The number of benzene rings is 1. The summed E-state index contributed by atoms with van der Waals surface area (Å²) in [5.41, 5.74) is -0.126. The van der Waals surface area contributed by atoms with Gasteiger partial charge in [0.15, 0.2) is 0 Å². The van der Waals surface area contributed by atoms with E-state index in [0.717, 1.165) is 6.07 Å². The molecule has 1 unspecified atom stereocenters. The van der Waals surface area contributed by atoms with E-state index in [9.17, 15) is 19.7 Å². The van der Waals surface area contributed by atoms with Gasteiger partial charge < -0.3 is 10.4 Å². The average molecular weight is 392 g/mol. The summed E-state index contributed by atoms with van der Waals surface area (Å²) < 4.78 is 0.513. The Morgan fingerprint density at radius 2 is 2.00 bits per heavy atom. The van der Waals surface area contributed by atoms with Crippen molar-refractivity contribution in [1.29, 1.82) is 0 Å². The van der Waals surface area contributed by atoms with Gasteiger partial charge >= 0.3 is 5.97 Å². The number of amides is 1. The predicted octanol–water partition coefficient (Wildman–Crippen LogP) is 2.04. The minimum absolute atomic E-state index is 0.0895. The number of nitrogens with one attached hydrogen (secondary N) is 1. The first kappa shape index (κ1) is 16.3. The second-order valence-corrected chi connectivity index (χ2v) is 5.62. The van der Waals surface area contributed by atoms with Gasteiger partial charge in [0.25, 0.3) is 11.6 Å². The lowest BCUT2D eigenvalue weighted by atomic mass is 10.0. The molecule has 1 aromatic carbocycles. The van der Waals surface area contributed by atoms with E-state index in [-0.39, 0.29) is 17.2 Å². The van der Waals surface area contributed by atoms with Crippen molar-refractivity contribution in [1.82, 2.24) is 5.32 Å². The second kappa shape index (κ2) is 6.64. The van der Waals surface area contributed by atoms with E-state index >= 15 is 0 Å². The Bertz CT molecular complexity index is 559. The van der Waals surface area contributed by atoms with Crippen molar-refractivity contribution in [2.24, 2.45) is 5.92 Å². The number of hydrogen-bond donors (Lipinski definition) is 2. The molecule has 0 spiro atoms. The maximum Gasteiger partial charge on any atom is 0.326 e. The molecule has 108 valence electrons. The van der Waals surface area contributed by atoms with Crippen LogP contribution in [0.2, 0.25) is 0 Å². The summed E-state index contributed by atoms with van der Waals surface area (Å²) in [4.78, 5) is 33.2. The molecule has 8 heteroatoms. The Balaban J connectivity index is 3.05. The molecule has 0 saturated heterocycles. The third-order valence-electron chi connectivity index (χ3n) is 2.62. The number of halogens is 1. The van der Waals surface area contributed by atoms with Crippen molar-refractivity contribution in [2.75, 3.05) is 0 Å². The van der Waals surface area contributed by atoms with Gasteiger partial charge in [0.1, 0.15) is 6.04 Å². The number of nitrogens with zero attached hydrogens (tertiary/aromatic N) is 1.